The number of hydrogen-bond acceptors (Lipinski definition) is 1. The Labute approximate surface area is 116 Å². The van der Waals surface area contributed by atoms with E-state index < -0.39 is 0 Å². The number of fused-ring (bicyclic) bond motifs is 5. The molecule has 2 aliphatic heterocycles. The van der Waals surface area contributed by atoms with Crippen molar-refractivity contribution in [2.24, 2.45) is 0 Å². The van der Waals surface area contributed by atoms with Crippen molar-refractivity contribution < 1.29 is 4.74 Å². The van der Waals surface area contributed by atoms with Crippen LogP contribution in [0.5, 0.6) is 0 Å². The molecule has 0 aromatic heterocycles. The van der Waals surface area contributed by atoms with Crippen LogP contribution in [-0.4, -0.2) is 0 Å². The Bertz CT molecular complexity index is 503. The van der Waals surface area contributed by atoms with Crippen LogP contribution >= 0.6 is 0 Å². The van der Waals surface area contributed by atoms with Crippen LogP contribution in [0.15, 0.2) is 24.3 Å². The van der Waals surface area contributed by atoms with Gasteiger partial charge >= 0.3 is 0 Å². The van der Waals surface area contributed by atoms with Crippen molar-refractivity contribution >= 4 is 0 Å². The third kappa shape index (κ3) is 1.87. The van der Waals surface area contributed by atoms with E-state index in [4.69, 9.17) is 4.74 Å². The maximum atomic E-state index is 6.10. The van der Waals surface area contributed by atoms with Crippen molar-refractivity contribution in [3.8, 4) is 0 Å². The first-order valence-corrected chi connectivity index (χ1v) is 7.21. The Balaban J connectivity index is 2.28. The summed E-state index contributed by atoms with van der Waals surface area (Å²) >= 11 is 0. The van der Waals surface area contributed by atoms with Crippen LogP contribution in [0.4, 0.5) is 0 Å². The number of benzene rings is 1. The molecule has 3 rings (SSSR count). The van der Waals surface area contributed by atoms with Crippen molar-refractivity contribution in [2.45, 2.75) is 64.6 Å². The van der Waals surface area contributed by atoms with Gasteiger partial charge in [-0.15, -0.1) is 0 Å². The molecule has 0 N–H and O–H groups in total. The second-order valence-electron chi connectivity index (χ2n) is 7.85. The summed E-state index contributed by atoms with van der Waals surface area (Å²) in [6, 6.07) is 4.63. The Morgan fingerprint density at radius 1 is 0.737 bits per heavy atom. The summed E-state index contributed by atoms with van der Waals surface area (Å²) in [7, 11) is 0. The summed E-state index contributed by atoms with van der Waals surface area (Å²) in [5, 5.41) is 0. The van der Waals surface area contributed by atoms with Gasteiger partial charge in [0.05, 0.1) is 0 Å². The van der Waals surface area contributed by atoms with Gasteiger partial charge in [-0.3, -0.25) is 0 Å². The van der Waals surface area contributed by atoms with Crippen molar-refractivity contribution in [3.63, 3.8) is 0 Å². The fourth-order valence-electron chi connectivity index (χ4n) is 3.34. The first-order chi connectivity index (χ1) is 8.69. The minimum atomic E-state index is 0.169. The maximum absolute atomic E-state index is 6.10. The second kappa shape index (κ2) is 3.73. The standard InChI is InChI=1S/C18H24O/c1-17(2,3)11-7-8-12(18(4,5)6)16-14-10-9-13(19-14)15(11)16/h7-10,13-14H,1-6H3/t13-,14-/m0/s1. The lowest BCUT2D eigenvalue weighted by Gasteiger charge is -2.30. The van der Waals surface area contributed by atoms with E-state index in [0.29, 0.717) is 0 Å². The molecule has 0 saturated heterocycles. The minimum Gasteiger partial charge on any atom is -0.357 e. The zero-order valence-corrected chi connectivity index (χ0v) is 12.9. The predicted octanol–water partition coefficient (Wildman–Crippen LogP) is 4.96. The highest BCUT2D eigenvalue weighted by atomic mass is 16.5. The highest BCUT2D eigenvalue weighted by Crippen LogP contribution is 2.52. The van der Waals surface area contributed by atoms with Crippen molar-refractivity contribution in [3.05, 3.63) is 46.5 Å². The molecule has 0 radical (unpaired) electrons. The van der Waals surface area contributed by atoms with Gasteiger partial charge < -0.3 is 4.74 Å². The zero-order chi connectivity index (χ0) is 14.0. The van der Waals surface area contributed by atoms with Crippen molar-refractivity contribution in [1.82, 2.24) is 0 Å². The third-order valence-electron chi connectivity index (χ3n) is 4.23. The van der Waals surface area contributed by atoms with Crippen molar-refractivity contribution in [1.29, 1.82) is 0 Å². The quantitative estimate of drug-likeness (QED) is 0.596. The lowest BCUT2D eigenvalue weighted by atomic mass is 9.73. The summed E-state index contributed by atoms with van der Waals surface area (Å²) in [6.07, 6.45) is 4.79. The zero-order valence-electron chi connectivity index (χ0n) is 12.9. The molecular formula is C18H24O. The van der Waals surface area contributed by atoms with Crippen LogP contribution < -0.4 is 0 Å². The van der Waals surface area contributed by atoms with Gasteiger partial charge in [0, 0.05) is 0 Å². The van der Waals surface area contributed by atoms with E-state index in [-0.39, 0.29) is 23.0 Å². The fraction of sp³-hybridized carbons (Fsp3) is 0.556. The van der Waals surface area contributed by atoms with Gasteiger partial charge in [-0.05, 0) is 33.1 Å². The monoisotopic (exact) mass is 256 g/mol. The molecule has 1 nitrogen and oxygen atoms in total. The second-order valence-corrected chi connectivity index (χ2v) is 7.85. The average molecular weight is 256 g/mol. The molecule has 1 aromatic carbocycles. The molecule has 0 spiro atoms. The molecule has 0 amide bonds. The van der Waals surface area contributed by atoms with E-state index in [0.717, 1.165) is 0 Å². The van der Waals surface area contributed by atoms with Gasteiger partial charge in [0.2, 0.25) is 0 Å². The van der Waals surface area contributed by atoms with E-state index in [1.165, 1.54) is 22.3 Å². The molecule has 0 aliphatic carbocycles. The molecule has 2 bridgehead atoms. The van der Waals surface area contributed by atoms with Crippen LogP contribution in [0.3, 0.4) is 0 Å². The molecule has 0 unspecified atom stereocenters. The molecule has 1 heteroatoms. The summed E-state index contributed by atoms with van der Waals surface area (Å²) in [5.74, 6) is 0. The van der Waals surface area contributed by atoms with E-state index >= 15 is 0 Å². The molecular weight excluding hydrogens is 232 g/mol. The number of ether oxygens (including phenoxy) is 1. The lowest BCUT2D eigenvalue weighted by molar-refractivity contribution is 0.0867. The molecule has 2 aliphatic rings. The summed E-state index contributed by atoms with van der Waals surface area (Å²) in [5.41, 5.74) is 6.09. The van der Waals surface area contributed by atoms with Crippen LogP contribution in [-0.2, 0) is 15.6 Å². The van der Waals surface area contributed by atoms with Gasteiger partial charge in [0.15, 0.2) is 0 Å². The molecule has 0 fully saturated rings. The SMILES string of the molecule is CC(C)(C)c1ccc(C(C)(C)C)c2c1[C@@H]1C=C[C@@H]2O1. The van der Waals surface area contributed by atoms with Crippen LogP contribution in [0.2, 0.25) is 0 Å². The van der Waals surface area contributed by atoms with E-state index in [9.17, 15) is 0 Å². The van der Waals surface area contributed by atoms with E-state index in [1.54, 1.807) is 0 Å². The van der Waals surface area contributed by atoms with Gasteiger partial charge in [-0.25, -0.2) is 0 Å². The Hall–Kier alpha value is -1.08. The summed E-state index contributed by atoms with van der Waals surface area (Å²) < 4.78 is 6.10. The van der Waals surface area contributed by atoms with Crippen LogP contribution in [0.1, 0.15) is 76.0 Å². The maximum Gasteiger partial charge on any atom is 0.103 e. The molecule has 2 atom stereocenters. The van der Waals surface area contributed by atoms with E-state index in [1.807, 2.05) is 0 Å². The van der Waals surface area contributed by atoms with Crippen LogP contribution in [0, 0.1) is 0 Å². The minimum absolute atomic E-state index is 0.169. The number of rotatable bonds is 0. The molecule has 0 saturated carbocycles. The molecule has 1 aromatic rings. The molecule has 2 heterocycles. The first kappa shape index (κ1) is 12.9. The summed E-state index contributed by atoms with van der Waals surface area (Å²) in [4.78, 5) is 0. The fourth-order valence-corrected chi connectivity index (χ4v) is 3.34. The highest BCUT2D eigenvalue weighted by molar-refractivity contribution is 5.55. The van der Waals surface area contributed by atoms with Gasteiger partial charge in [-0.2, -0.15) is 0 Å². The van der Waals surface area contributed by atoms with Crippen LogP contribution in [0.25, 0.3) is 0 Å². The largest absolute Gasteiger partial charge is 0.357 e. The smallest absolute Gasteiger partial charge is 0.103 e. The molecule has 102 valence electrons. The summed E-state index contributed by atoms with van der Waals surface area (Å²) in [6.45, 7) is 13.7. The topological polar surface area (TPSA) is 9.23 Å². The van der Waals surface area contributed by atoms with Gasteiger partial charge in [0.25, 0.3) is 0 Å². The predicted molar refractivity (Wildman–Crippen MR) is 79.5 cm³/mol. The Morgan fingerprint density at radius 3 is 1.42 bits per heavy atom. The number of hydrogen-bond donors (Lipinski definition) is 0. The molecule has 19 heavy (non-hydrogen) atoms. The van der Waals surface area contributed by atoms with Gasteiger partial charge in [0.1, 0.15) is 12.2 Å². The van der Waals surface area contributed by atoms with E-state index in [2.05, 4.69) is 65.8 Å². The highest BCUT2D eigenvalue weighted by Gasteiger charge is 2.40. The lowest BCUT2D eigenvalue weighted by Crippen LogP contribution is -2.20. The first-order valence-electron chi connectivity index (χ1n) is 7.21. The average Bonchev–Trinajstić information content (AvgIpc) is 2.85. The van der Waals surface area contributed by atoms with Crippen molar-refractivity contribution in [2.75, 3.05) is 0 Å². The Morgan fingerprint density at radius 2 is 1.11 bits per heavy atom. The van der Waals surface area contributed by atoms with Gasteiger partial charge in [-0.1, -0.05) is 65.8 Å². The Kier molecular flexibility index (Phi) is 2.54. The normalized spacial score (nSPS) is 24.9. The third-order valence-corrected chi connectivity index (χ3v) is 4.23.